The van der Waals surface area contributed by atoms with Gasteiger partial charge in [0.15, 0.2) is 0 Å². The summed E-state index contributed by atoms with van der Waals surface area (Å²) >= 11 is 3.84. The first-order valence-corrected chi connectivity index (χ1v) is 17.2. The Kier molecular flexibility index (Phi) is 5.51. The number of rotatable bonds is 3. The molecule has 0 bridgehead atoms. The van der Waals surface area contributed by atoms with Crippen LogP contribution in [0.2, 0.25) is 0 Å². The highest BCUT2D eigenvalue weighted by molar-refractivity contribution is 7.26. The fraction of sp³-hybridized carbons (Fsp3) is 0.0476. The Morgan fingerprint density at radius 1 is 0.511 bits per heavy atom. The van der Waals surface area contributed by atoms with Crippen LogP contribution in [-0.4, -0.2) is 4.57 Å². The largest absolute Gasteiger partial charge is 0.309 e. The molecule has 3 heterocycles. The van der Waals surface area contributed by atoms with Gasteiger partial charge in [0, 0.05) is 51.6 Å². The van der Waals surface area contributed by atoms with Gasteiger partial charge >= 0.3 is 0 Å². The third-order valence-electron chi connectivity index (χ3n) is 9.47. The van der Waals surface area contributed by atoms with Crippen LogP contribution in [0.25, 0.3) is 86.1 Å². The van der Waals surface area contributed by atoms with E-state index >= 15 is 0 Å². The van der Waals surface area contributed by atoms with E-state index in [0.29, 0.717) is 0 Å². The maximum absolute atomic E-state index is 2.43. The van der Waals surface area contributed by atoms with Gasteiger partial charge in [-0.25, -0.2) is 0 Å². The van der Waals surface area contributed by atoms with Crippen molar-refractivity contribution in [1.82, 2.24) is 4.57 Å². The van der Waals surface area contributed by atoms with Crippen LogP contribution in [-0.2, 0) is 6.42 Å². The van der Waals surface area contributed by atoms with Crippen LogP contribution < -0.4 is 0 Å². The highest BCUT2D eigenvalue weighted by Crippen LogP contribution is 2.43. The third kappa shape index (κ3) is 3.78. The molecular formula is C42H27NS2. The van der Waals surface area contributed by atoms with E-state index in [1.165, 1.54) is 90.4 Å². The maximum Gasteiger partial charge on any atom is 0.0541 e. The van der Waals surface area contributed by atoms with Gasteiger partial charge in [-0.05, 0) is 89.2 Å². The van der Waals surface area contributed by atoms with Gasteiger partial charge < -0.3 is 4.57 Å². The number of aromatic nitrogens is 1. The van der Waals surface area contributed by atoms with Crippen LogP contribution in [0.15, 0.2) is 133 Å². The lowest BCUT2D eigenvalue weighted by Crippen LogP contribution is -1.94. The van der Waals surface area contributed by atoms with Crippen molar-refractivity contribution in [2.45, 2.75) is 12.8 Å². The van der Waals surface area contributed by atoms with Crippen molar-refractivity contribution < 1.29 is 0 Å². The van der Waals surface area contributed by atoms with Crippen LogP contribution in [0, 0.1) is 0 Å². The van der Waals surface area contributed by atoms with Gasteiger partial charge in [-0.3, -0.25) is 0 Å². The van der Waals surface area contributed by atoms with E-state index in [0.717, 1.165) is 12.8 Å². The van der Waals surface area contributed by atoms with E-state index in [1.807, 2.05) is 22.7 Å². The average Bonchev–Trinajstić information content (AvgIpc) is 3.77. The Bertz CT molecular complexity index is 2640. The van der Waals surface area contributed by atoms with Crippen molar-refractivity contribution in [1.29, 1.82) is 0 Å². The Balaban J connectivity index is 1.13. The Morgan fingerprint density at radius 3 is 2.07 bits per heavy atom. The summed E-state index contributed by atoms with van der Waals surface area (Å²) in [7, 11) is 0. The maximum atomic E-state index is 2.43. The minimum Gasteiger partial charge on any atom is -0.309 e. The summed E-state index contributed by atoms with van der Waals surface area (Å²) < 4.78 is 6.49. The molecule has 0 saturated carbocycles. The summed E-state index contributed by atoms with van der Waals surface area (Å²) in [6.45, 7) is 0. The first-order valence-electron chi connectivity index (χ1n) is 15.6. The summed E-state index contributed by atoms with van der Waals surface area (Å²) in [4.78, 5) is 1.52. The molecule has 0 amide bonds. The lowest BCUT2D eigenvalue weighted by atomic mass is 9.95. The minimum atomic E-state index is 1.14. The SMILES string of the molecule is C1=Cc2c(sc3cccc(-c4ccc5c(c4)c4ccccc4n5-c4ccc(-c5cccc6sc7ccccc7c56)cc4)c23)CC1. The predicted octanol–water partition coefficient (Wildman–Crippen LogP) is 12.7. The summed E-state index contributed by atoms with van der Waals surface area (Å²) in [5.74, 6) is 0. The van der Waals surface area contributed by atoms with Crippen LogP contribution in [0.1, 0.15) is 16.9 Å². The van der Waals surface area contributed by atoms with Gasteiger partial charge in [-0.2, -0.15) is 0 Å². The van der Waals surface area contributed by atoms with Crippen molar-refractivity contribution in [3.05, 3.63) is 144 Å². The average molecular weight is 610 g/mol. The smallest absolute Gasteiger partial charge is 0.0541 e. The van der Waals surface area contributed by atoms with E-state index in [9.17, 15) is 0 Å². The van der Waals surface area contributed by atoms with E-state index in [1.54, 1.807) is 0 Å². The number of allylic oxidation sites excluding steroid dienone is 1. The van der Waals surface area contributed by atoms with Crippen molar-refractivity contribution in [2.75, 3.05) is 0 Å². The normalized spacial score (nSPS) is 13.1. The van der Waals surface area contributed by atoms with Crippen LogP contribution >= 0.6 is 22.7 Å². The number of hydrogen-bond acceptors (Lipinski definition) is 2. The molecule has 0 atom stereocenters. The predicted molar refractivity (Wildman–Crippen MR) is 197 cm³/mol. The minimum absolute atomic E-state index is 1.14. The molecule has 0 radical (unpaired) electrons. The molecule has 9 aromatic rings. The fourth-order valence-corrected chi connectivity index (χ4v) is 9.83. The molecule has 0 N–H and O–H groups in total. The Labute approximate surface area is 268 Å². The summed E-state index contributed by atoms with van der Waals surface area (Å²) in [6.07, 6.45) is 6.96. The topological polar surface area (TPSA) is 4.93 Å². The monoisotopic (exact) mass is 609 g/mol. The quantitative estimate of drug-likeness (QED) is 0.188. The van der Waals surface area contributed by atoms with Gasteiger partial charge in [0.2, 0.25) is 0 Å². The number of benzene rings is 6. The lowest BCUT2D eigenvalue weighted by molar-refractivity contribution is 1.02. The molecule has 3 heteroatoms. The molecule has 0 unspecified atom stereocenters. The molecule has 1 aliphatic carbocycles. The van der Waals surface area contributed by atoms with Crippen LogP contribution in [0.4, 0.5) is 0 Å². The number of thiophene rings is 2. The van der Waals surface area contributed by atoms with Crippen molar-refractivity contribution in [3.8, 4) is 27.9 Å². The Hall–Kier alpha value is -4.96. The van der Waals surface area contributed by atoms with E-state index in [2.05, 4.69) is 144 Å². The van der Waals surface area contributed by atoms with Gasteiger partial charge in [0.1, 0.15) is 0 Å². The molecule has 45 heavy (non-hydrogen) atoms. The van der Waals surface area contributed by atoms with Crippen molar-refractivity contribution in [3.63, 3.8) is 0 Å². The first-order chi connectivity index (χ1) is 22.3. The Morgan fingerprint density at radius 2 is 1.20 bits per heavy atom. The molecule has 0 aliphatic heterocycles. The third-order valence-corrected chi connectivity index (χ3v) is 11.8. The van der Waals surface area contributed by atoms with E-state index < -0.39 is 0 Å². The van der Waals surface area contributed by atoms with E-state index in [-0.39, 0.29) is 0 Å². The van der Waals surface area contributed by atoms with Gasteiger partial charge in [-0.1, -0.05) is 91.0 Å². The zero-order valence-electron chi connectivity index (χ0n) is 24.5. The van der Waals surface area contributed by atoms with Gasteiger partial charge in [0.25, 0.3) is 0 Å². The van der Waals surface area contributed by atoms with Crippen molar-refractivity contribution in [2.24, 2.45) is 0 Å². The zero-order chi connectivity index (χ0) is 29.5. The van der Waals surface area contributed by atoms with Crippen molar-refractivity contribution >= 4 is 80.8 Å². The second-order valence-corrected chi connectivity index (χ2v) is 14.2. The molecular weight excluding hydrogens is 583 g/mol. The second-order valence-electron chi connectivity index (χ2n) is 12.0. The summed E-state index contributed by atoms with van der Waals surface area (Å²) in [5, 5.41) is 6.67. The van der Waals surface area contributed by atoms with Crippen LogP contribution in [0.3, 0.4) is 0 Å². The molecule has 0 saturated heterocycles. The first kappa shape index (κ1) is 25.4. The lowest BCUT2D eigenvalue weighted by Gasteiger charge is -2.11. The summed E-state index contributed by atoms with van der Waals surface area (Å²) in [6, 6.07) is 47.3. The highest BCUT2D eigenvalue weighted by atomic mass is 32.1. The molecule has 3 aromatic heterocycles. The zero-order valence-corrected chi connectivity index (χ0v) is 26.1. The van der Waals surface area contributed by atoms with Crippen LogP contribution in [0.5, 0.6) is 0 Å². The molecule has 6 aromatic carbocycles. The number of para-hydroxylation sites is 1. The number of fused-ring (bicyclic) bond motifs is 9. The molecule has 1 aliphatic rings. The number of hydrogen-bond donors (Lipinski definition) is 0. The fourth-order valence-electron chi connectivity index (χ4n) is 7.46. The highest BCUT2D eigenvalue weighted by Gasteiger charge is 2.18. The molecule has 10 rings (SSSR count). The number of nitrogens with zero attached hydrogens (tertiary/aromatic N) is 1. The second kappa shape index (κ2) is 9.77. The molecule has 1 nitrogen and oxygen atoms in total. The number of aryl methyl sites for hydroxylation is 1. The van der Waals surface area contributed by atoms with E-state index in [4.69, 9.17) is 0 Å². The standard InChI is InChI=1S/C42H27NS2/c1-4-14-35-31(9-1)34-25-27(30-13-8-18-40-42(30)33-11-3-6-16-38(33)45-40)21-24-36(34)43(35)28-22-19-26(20-23-28)29-12-7-17-39-41(29)32-10-2-5-15-37(32)44-39/h1-5,7-15,17-25H,6,16H2. The molecule has 212 valence electrons. The van der Waals surface area contributed by atoms with Gasteiger partial charge in [-0.15, -0.1) is 22.7 Å². The molecule has 0 spiro atoms. The molecule has 0 fully saturated rings. The van der Waals surface area contributed by atoms with Gasteiger partial charge in [0.05, 0.1) is 11.0 Å². The summed E-state index contributed by atoms with van der Waals surface area (Å²) in [5.41, 5.74) is 10.2.